The average Bonchev–Trinajstić information content (AvgIpc) is 2.89. The second kappa shape index (κ2) is 35.9. The predicted molar refractivity (Wildman–Crippen MR) is 161 cm³/mol. The lowest BCUT2D eigenvalue weighted by atomic mass is 10.1. The van der Waals surface area contributed by atoms with Gasteiger partial charge in [-0.3, -0.25) is 19.2 Å². The van der Waals surface area contributed by atoms with E-state index >= 15 is 0 Å². The normalized spacial score (nSPS) is 12.7. The van der Waals surface area contributed by atoms with Gasteiger partial charge in [0.25, 0.3) is 0 Å². The number of rotatable bonds is 20. The van der Waals surface area contributed by atoms with Crippen LogP contribution in [0.2, 0.25) is 0 Å². The van der Waals surface area contributed by atoms with Crippen LogP contribution in [0.5, 0.6) is 0 Å². The Kier molecular flexibility index (Phi) is 42.5. The monoisotopic (exact) mass is 620 g/mol. The summed E-state index contributed by atoms with van der Waals surface area (Å²) < 4.78 is 0. The van der Waals surface area contributed by atoms with Gasteiger partial charge in [0.05, 0.1) is 0 Å². The molecule has 0 amide bonds. The van der Waals surface area contributed by atoms with E-state index in [2.05, 4.69) is 0 Å². The van der Waals surface area contributed by atoms with Crippen LogP contribution in [0.1, 0.15) is 77.0 Å². The Bertz CT molecular complexity index is 534. The molecule has 0 aliphatic rings. The quantitative estimate of drug-likeness (QED) is 0.0690. The molecule has 0 saturated carbocycles. The molecule has 17 heteroatoms. The smallest absolute Gasteiger partial charge is 0.320 e. The summed E-state index contributed by atoms with van der Waals surface area (Å²) >= 11 is 0. The maximum atomic E-state index is 10.1. The fourth-order valence-electron chi connectivity index (χ4n) is 2.53. The van der Waals surface area contributed by atoms with Crippen molar-refractivity contribution in [2.24, 2.45) is 45.9 Å². The highest BCUT2D eigenvalue weighted by atomic mass is 35.5. The molecule has 0 unspecified atom stereocenters. The lowest BCUT2D eigenvalue weighted by Crippen LogP contribution is -2.29. The summed E-state index contributed by atoms with van der Waals surface area (Å²) in [4.78, 5) is 40.5. The van der Waals surface area contributed by atoms with Gasteiger partial charge in [-0.25, -0.2) is 0 Å². The Morgan fingerprint density at radius 2 is 0.537 bits per heavy atom. The van der Waals surface area contributed by atoms with Gasteiger partial charge in [0.2, 0.25) is 0 Å². The molecule has 16 nitrogen and oxygen atoms in total. The molecule has 20 N–H and O–H groups in total. The zero-order valence-electron chi connectivity index (χ0n) is 24.1. The number of carboxylic acid groups (broad SMARTS) is 4. The first-order chi connectivity index (χ1) is 18.7. The fourth-order valence-corrected chi connectivity index (χ4v) is 2.53. The van der Waals surface area contributed by atoms with Crippen molar-refractivity contribution in [3.05, 3.63) is 0 Å². The van der Waals surface area contributed by atoms with Crippen molar-refractivity contribution in [3.8, 4) is 0 Å². The number of hydrogen-bond acceptors (Lipinski definition) is 12. The van der Waals surface area contributed by atoms with E-state index in [1.807, 2.05) is 0 Å². The zero-order valence-corrected chi connectivity index (χ0v) is 24.9. The maximum absolute atomic E-state index is 10.1. The number of nitrogens with two attached hydrogens (primary N) is 8. The second-order valence-electron chi connectivity index (χ2n) is 8.92. The molecule has 0 aromatic carbocycles. The summed E-state index contributed by atoms with van der Waals surface area (Å²) in [6.07, 6.45) is 8.66. The lowest BCUT2D eigenvalue weighted by molar-refractivity contribution is -0.139. The van der Waals surface area contributed by atoms with E-state index in [0.717, 1.165) is 51.4 Å². The largest absolute Gasteiger partial charge is 0.480 e. The Labute approximate surface area is 249 Å². The van der Waals surface area contributed by atoms with Gasteiger partial charge < -0.3 is 66.3 Å². The highest BCUT2D eigenvalue weighted by Crippen LogP contribution is 1.99. The van der Waals surface area contributed by atoms with E-state index in [-0.39, 0.29) is 12.4 Å². The van der Waals surface area contributed by atoms with Crippen LogP contribution in [-0.2, 0) is 19.2 Å². The van der Waals surface area contributed by atoms with E-state index in [1.165, 1.54) is 0 Å². The standard InChI is InChI=1S/4C6H14N2O2.ClH/c4*7-4-2-1-3-5(8)6(9)10;/h4*5H,1-4,7-8H2,(H,9,10);1H/t4*5-;/m0000./s1. The number of unbranched alkanes of at least 4 members (excludes halogenated alkanes) is 4. The molecule has 4 atom stereocenters. The van der Waals surface area contributed by atoms with Crippen molar-refractivity contribution < 1.29 is 39.6 Å². The fraction of sp³-hybridized carbons (Fsp3) is 0.833. The summed E-state index contributed by atoms with van der Waals surface area (Å²) in [5, 5.41) is 33.3. The molecule has 0 spiro atoms. The molecule has 0 aromatic rings. The van der Waals surface area contributed by atoms with Crippen molar-refractivity contribution in [2.75, 3.05) is 26.2 Å². The molecule has 0 saturated heterocycles. The molecule has 41 heavy (non-hydrogen) atoms. The van der Waals surface area contributed by atoms with Gasteiger partial charge in [0, 0.05) is 0 Å². The van der Waals surface area contributed by atoms with E-state index in [9.17, 15) is 19.2 Å². The van der Waals surface area contributed by atoms with E-state index < -0.39 is 48.0 Å². The first kappa shape index (κ1) is 48.6. The third-order valence-corrected chi connectivity index (χ3v) is 5.15. The van der Waals surface area contributed by atoms with Crippen LogP contribution < -0.4 is 45.9 Å². The van der Waals surface area contributed by atoms with Crippen LogP contribution in [0.15, 0.2) is 0 Å². The molecule has 248 valence electrons. The molecule has 0 aromatic heterocycles. The van der Waals surface area contributed by atoms with Gasteiger partial charge in [-0.1, -0.05) is 25.7 Å². The second-order valence-corrected chi connectivity index (χ2v) is 8.92. The summed E-state index contributed by atoms with van der Waals surface area (Å²) in [5.74, 6) is -3.73. The van der Waals surface area contributed by atoms with Gasteiger partial charge in [-0.05, 0) is 77.5 Å². The van der Waals surface area contributed by atoms with Crippen molar-refractivity contribution in [1.82, 2.24) is 0 Å². The van der Waals surface area contributed by atoms with Crippen LogP contribution in [0.4, 0.5) is 0 Å². The average molecular weight is 621 g/mol. The summed E-state index contributed by atoms with van der Waals surface area (Å²) in [7, 11) is 0. The van der Waals surface area contributed by atoms with Crippen molar-refractivity contribution >= 4 is 36.3 Å². The lowest BCUT2D eigenvalue weighted by Gasteiger charge is -2.03. The highest BCUT2D eigenvalue weighted by Gasteiger charge is 2.11. The predicted octanol–water partition coefficient (Wildman–Crippen LogP) is -1.47. The molecule has 0 radical (unpaired) electrons. The SMILES string of the molecule is Cl.NCCCC[C@H](N)C(=O)O.NCCCC[C@H](N)C(=O)O.NCCCC[C@H](N)C(=O)O.NCCCC[C@H](N)C(=O)O. The van der Waals surface area contributed by atoms with Crippen molar-refractivity contribution in [3.63, 3.8) is 0 Å². The van der Waals surface area contributed by atoms with Gasteiger partial charge in [-0.2, -0.15) is 0 Å². The molecule has 0 heterocycles. The van der Waals surface area contributed by atoms with Crippen LogP contribution >= 0.6 is 12.4 Å². The minimum atomic E-state index is -0.933. The Hall–Kier alpha value is -2.15. The maximum Gasteiger partial charge on any atom is 0.320 e. The number of aliphatic carboxylic acids is 4. The summed E-state index contributed by atoms with van der Waals surface area (Å²) in [6, 6.07) is -2.86. The van der Waals surface area contributed by atoms with Crippen LogP contribution in [0, 0.1) is 0 Å². The Morgan fingerprint density at radius 3 is 0.634 bits per heavy atom. The molecular formula is C24H57ClN8O8. The van der Waals surface area contributed by atoms with Gasteiger partial charge >= 0.3 is 23.9 Å². The minimum absolute atomic E-state index is 0. The van der Waals surface area contributed by atoms with Crippen LogP contribution in [-0.4, -0.2) is 94.6 Å². The Morgan fingerprint density at radius 1 is 0.390 bits per heavy atom. The first-order valence-electron chi connectivity index (χ1n) is 13.5. The molecule has 0 bridgehead atoms. The van der Waals surface area contributed by atoms with E-state index in [4.69, 9.17) is 66.3 Å². The number of carboxylic acids is 4. The molecular weight excluding hydrogens is 564 g/mol. The topological polar surface area (TPSA) is 357 Å². The molecule has 0 aliphatic carbocycles. The third kappa shape index (κ3) is 42.5. The number of halogens is 1. The minimum Gasteiger partial charge on any atom is -0.480 e. The molecule has 0 rings (SSSR count). The Balaban J connectivity index is -0.000000139. The van der Waals surface area contributed by atoms with Crippen molar-refractivity contribution in [1.29, 1.82) is 0 Å². The summed E-state index contributed by atoms with van der Waals surface area (Å²) in [5.41, 5.74) is 41.7. The van der Waals surface area contributed by atoms with Gasteiger partial charge in [-0.15, -0.1) is 12.4 Å². The van der Waals surface area contributed by atoms with Crippen LogP contribution in [0.3, 0.4) is 0 Å². The van der Waals surface area contributed by atoms with Gasteiger partial charge in [0.1, 0.15) is 24.2 Å². The van der Waals surface area contributed by atoms with E-state index in [1.54, 1.807) is 0 Å². The zero-order chi connectivity index (χ0) is 31.9. The molecule has 0 fully saturated rings. The van der Waals surface area contributed by atoms with E-state index in [0.29, 0.717) is 51.9 Å². The van der Waals surface area contributed by atoms with Crippen molar-refractivity contribution in [2.45, 2.75) is 101 Å². The summed E-state index contributed by atoms with van der Waals surface area (Å²) in [6.45, 7) is 2.41. The number of hydrogen-bond donors (Lipinski definition) is 12. The first-order valence-corrected chi connectivity index (χ1v) is 13.5. The van der Waals surface area contributed by atoms with Gasteiger partial charge in [0.15, 0.2) is 0 Å². The molecule has 0 aliphatic heterocycles. The van der Waals surface area contributed by atoms with Crippen LogP contribution in [0.25, 0.3) is 0 Å². The highest BCUT2D eigenvalue weighted by molar-refractivity contribution is 5.85. The third-order valence-electron chi connectivity index (χ3n) is 5.15. The number of carbonyl (C=O) groups is 4.